The van der Waals surface area contributed by atoms with Crippen LogP contribution in [0.3, 0.4) is 0 Å². The highest BCUT2D eigenvalue weighted by Gasteiger charge is 2.31. The lowest BCUT2D eigenvalue weighted by Gasteiger charge is -2.36. The molecule has 1 saturated heterocycles. The summed E-state index contributed by atoms with van der Waals surface area (Å²) in [6.07, 6.45) is 5.59. The second-order valence-corrected chi connectivity index (χ2v) is 6.65. The molecule has 7 nitrogen and oxygen atoms in total. The number of carbonyl (C=O) groups is 2. The van der Waals surface area contributed by atoms with Gasteiger partial charge in [-0.05, 0) is 37.0 Å². The monoisotopic (exact) mass is 348 g/mol. The van der Waals surface area contributed by atoms with Gasteiger partial charge in [-0.3, -0.25) is 9.78 Å². The minimum Gasteiger partial charge on any atom is -0.396 e. The third kappa shape index (κ3) is 5.42. The van der Waals surface area contributed by atoms with Gasteiger partial charge in [0.25, 0.3) is 0 Å². The van der Waals surface area contributed by atoms with E-state index < -0.39 is 0 Å². The van der Waals surface area contributed by atoms with E-state index in [1.807, 2.05) is 12.1 Å². The van der Waals surface area contributed by atoms with Crippen molar-refractivity contribution in [2.75, 3.05) is 40.3 Å². The number of amides is 3. The van der Waals surface area contributed by atoms with Crippen LogP contribution < -0.4 is 0 Å². The first-order valence-electron chi connectivity index (χ1n) is 8.77. The number of likely N-dealkylation sites (tertiary alicyclic amines) is 1. The third-order valence-corrected chi connectivity index (χ3v) is 4.44. The Labute approximate surface area is 149 Å². The van der Waals surface area contributed by atoms with E-state index in [1.54, 1.807) is 41.2 Å². The molecule has 0 aliphatic carbocycles. The Bertz CT molecular complexity index is 565. The largest absolute Gasteiger partial charge is 0.396 e. The van der Waals surface area contributed by atoms with Gasteiger partial charge in [-0.25, -0.2) is 4.79 Å². The zero-order valence-electron chi connectivity index (χ0n) is 15.1. The summed E-state index contributed by atoms with van der Waals surface area (Å²) in [5.74, 6) is -0.125. The van der Waals surface area contributed by atoms with Gasteiger partial charge in [0.2, 0.25) is 5.91 Å². The van der Waals surface area contributed by atoms with Crippen LogP contribution >= 0.6 is 0 Å². The van der Waals surface area contributed by atoms with Crippen molar-refractivity contribution >= 4 is 11.9 Å². The molecular formula is C18H28N4O3. The van der Waals surface area contributed by atoms with Crippen LogP contribution in [0.15, 0.2) is 24.5 Å². The number of rotatable bonds is 6. The van der Waals surface area contributed by atoms with Gasteiger partial charge in [0, 0.05) is 59.3 Å². The van der Waals surface area contributed by atoms with E-state index in [1.165, 1.54) is 0 Å². The van der Waals surface area contributed by atoms with Crippen molar-refractivity contribution in [3.05, 3.63) is 30.1 Å². The summed E-state index contributed by atoms with van der Waals surface area (Å²) in [4.78, 5) is 34.3. The number of hydrogen-bond acceptors (Lipinski definition) is 4. The van der Waals surface area contributed by atoms with Gasteiger partial charge in [-0.2, -0.15) is 0 Å². The summed E-state index contributed by atoms with van der Waals surface area (Å²) in [6, 6.07) is 3.73. The average molecular weight is 348 g/mol. The molecular weight excluding hydrogens is 320 g/mol. The lowest BCUT2D eigenvalue weighted by Crippen LogP contribution is -2.49. The van der Waals surface area contributed by atoms with Crippen LogP contribution in [-0.4, -0.2) is 77.1 Å². The number of pyridine rings is 1. The van der Waals surface area contributed by atoms with Crippen molar-refractivity contribution < 1.29 is 14.7 Å². The second-order valence-electron chi connectivity index (χ2n) is 6.65. The Kier molecular flexibility index (Phi) is 7.18. The smallest absolute Gasteiger partial charge is 0.319 e. The zero-order chi connectivity index (χ0) is 18.2. The molecule has 0 aromatic carbocycles. The van der Waals surface area contributed by atoms with Gasteiger partial charge < -0.3 is 19.8 Å². The van der Waals surface area contributed by atoms with Crippen molar-refractivity contribution in [3.63, 3.8) is 0 Å². The Morgan fingerprint density at radius 3 is 2.68 bits per heavy atom. The maximum Gasteiger partial charge on any atom is 0.319 e. The summed E-state index contributed by atoms with van der Waals surface area (Å²) < 4.78 is 0. The van der Waals surface area contributed by atoms with Crippen LogP contribution in [0, 0.1) is 5.92 Å². The number of hydrogen-bond donors (Lipinski definition) is 1. The molecule has 0 spiro atoms. The van der Waals surface area contributed by atoms with Gasteiger partial charge in [0.05, 0.1) is 5.92 Å². The topological polar surface area (TPSA) is 77.0 Å². The number of carbonyl (C=O) groups excluding carboxylic acids is 2. The van der Waals surface area contributed by atoms with E-state index in [9.17, 15) is 9.59 Å². The summed E-state index contributed by atoms with van der Waals surface area (Å²) in [5, 5.41) is 9.14. The molecule has 1 N–H and O–H groups in total. The fraction of sp³-hybridized carbons (Fsp3) is 0.611. The zero-order valence-corrected chi connectivity index (χ0v) is 15.1. The summed E-state index contributed by atoms with van der Waals surface area (Å²) in [7, 11) is 3.45. The normalized spacial score (nSPS) is 17.2. The van der Waals surface area contributed by atoms with Crippen LogP contribution in [0.5, 0.6) is 0 Å². The van der Waals surface area contributed by atoms with Crippen molar-refractivity contribution in [1.29, 1.82) is 0 Å². The fourth-order valence-electron chi connectivity index (χ4n) is 3.13. The molecule has 1 aliphatic heterocycles. The SMILES string of the molecule is CN(C)C(=O)N1CCCC(C(=O)N(CCCO)Cc2ccncc2)C1. The standard InChI is InChI=1S/C18H28N4O3/c1-20(2)18(25)22-10-3-5-16(14-22)17(24)21(11-4-12-23)13-15-6-8-19-9-7-15/h6-9,16,23H,3-5,10-14H2,1-2H3. The number of aliphatic hydroxyl groups is 1. The maximum absolute atomic E-state index is 13.0. The Hall–Kier alpha value is -2.15. The van der Waals surface area contributed by atoms with Crippen LogP contribution in [0.2, 0.25) is 0 Å². The summed E-state index contributed by atoms with van der Waals surface area (Å²) in [6.45, 7) is 2.22. The first-order chi connectivity index (χ1) is 12.0. The van der Waals surface area contributed by atoms with E-state index >= 15 is 0 Å². The molecule has 0 radical (unpaired) electrons. The number of aromatic nitrogens is 1. The Morgan fingerprint density at radius 2 is 2.04 bits per heavy atom. The first-order valence-corrected chi connectivity index (χ1v) is 8.77. The minimum atomic E-state index is -0.182. The van der Waals surface area contributed by atoms with Crippen LogP contribution in [-0.2, 0) is 11.3 Å². The Morgan fingerprint density at radius 1 is 1.32 bits per heavy atom. The molecule has 3 amide bonds. The van der Waals surface area contributed by atoms with Crippen molar-refractivity contribution in [1.82, 2.24) is 19.7 Å². The van der Waals surface area contributed by atoms with Gasteiger partial charge in [-0.1, -0.05) is 0 Å². The highest BCUT2D eigenvalue weighted by Crippen LogP contribution is 2.21. The molecule has 1 fully saturated rings. The van der Waals surface area contributed by atoms with Crippen LogP contribution in [0.25, 0.3) is 0 Å². The van der Waals surface area contributed by atoms with Crippen molar-refractivity contribution in [2.45, 2.75) is 25.8 Å². The molecule has 1 aromatic heterocycles. The third-order valence-electron chi connectivity index (χ3n) is 4.44. The van der Waals surface area contributed by atoms with E-state index in [0.717, 1.165) is 18.4 Å². The fourth-order valence-corrected chi connectivity index (χ4v) is 3.13. The lowest BCUT2D eigenvalue weighted by molar-refractivity contribution is -0.137. The molecule has 2 rings (SSSR count). The van der Waals surface area contributed by atoms with Crippen LogP contribution in [0.4, 0.5) is 4.79 Å². The molecule has 7 heteroatoms. The predicted octanol–water partition coefficient (Wildman–Crippen LogP) is 1.19. The van der Waals surface area contributed by atoms with E-state index in [0.29, 0.717) is 32.6 Å². The van der Waals surface area contributed by atoms with E-state index in [-0.39, 0.29) is 24.5 Å². The highest BCUT2D eigenvalue weighted by atomic mass is 16.3. The molecule has 2 heterocycles. The van der Waals surface area contributed by atoms with Gasteiger partial charge in [0.15, 0.2) is 0 Å². The van der Waals surface area contributed by atoms with Crippen molar-refractivity contribution in [2.24, 2.45) is 5.92 Å². The number of urea groups is 1. The molecule has 1 aliphatic rings. The molecule has 0 bridgehead atoms. The van der Waals surface area contributed by atoms with Crippen LogP contribution in [0.1, 0.15) is 24.8 Å². The second kappa shape index (κ2) is 9.36. The molecule has 1 aromatic rings. The molecule has 1 unspecified atom stereocenters. The highest BCUT2D eigenvalue weighted by molar-refractivity contribution is 5.81. The lowest BCUT2D eigenvalue weighted by atomic mass is 9.96. The first kappa shape index (κ1) is 19.2. The van der Waals surface area contributed by atoms with E-state index in [2.05, 4.69) is 4.98 Å². The predicted molar refractivity (Wildman–Crippen MR) is 94.7 cm³/mol. The molecule has 1 atom stereocenters. The number of nitrogens with zero attached hydrogens (tertiary/aromatic N) is 4. The van der Waals surface area contributed by atoms with Gasteiger partial charge >= 0.3 is 6.03 Å². The Balaban J connectivity index is 2.05. The quantitative estimate of drug-likeness (QED) is 0.838. The van der Waals surface area contributed by atoms with Gasteiger partial charge in [-0.15, -0.1) is 0 Å². The summed E-state index contributed by atoms with van der Waals surface area (Å²) >= 11 is 0. The summed E-state index contributed by atoms with van der Waals surface area (Å²) in [5.41, 5.74) is 1.01. The molecule has 138 valence electrons. The number of aliphatic hydroxyl groups excluding tert-OH is 1. The minimum absolute atomic E-state index is 0.0476. The molecule has 25 heavy (non-hydrogen) atoms. The average Bonchev–Trinajstić information content (AvgIpc) is 2.64. The number of piperidine rings is 1. The maximum atomic E-state index is 13.0. The van der Waals surface area contributed by atoms with Gasteiger partial charge in [0.1, 0.15) is 0 Å². The molecule has 0 saturated carbocycles. The van der Waals surface area contributed by atoms with E-state index in [4.69, 9.17) is 5.11 Å². The van der Waals surface area contributed by atoms with Crippen molar-refractivity contribution in [3.8, 4) is 0 Å².